The largest absolute Gasteiger partial charge is 0.472 e. The molecule has 1 N–H and O–H groups in total. The summed E-state index contributed by atoms with van der Waals surface area (Å²) in [5.41, 5.74) is 2.83. The molecule has 0 aliphatic carbocycles. The molecular formula is C11H8BrN3OS. The molecule has 6 heteroatoms. The lowest BCUT2D eigenvalue weighted by molar-refractivity contribution is 0.562. The predicted molar refractivity (Wildman–Crippen MR) is 70.4 cm³/mol. The van der Waals surface area contributed by atoms with Crippen LogP contribution in [0.3, 0.4) is 0 Å². The molecule has 17 heavy (non-hydrogen) atoms. The average Bonchev–Trinajstić information content (AvgIpc) is 2.88. The number of aromatic amines is 1. The summed E-state index contributed by atoms with van der Waals surface area (Å²) in [6, 6.07) is 3.88. The zero-order chi connectivity index (χ0) is 11.8. The Morgan fingerprint density at radius 1 is 1.53 bits per heavy atom. The van der Waals surface area contributed by atoms with Gasteiger partial charge in [-0.25, -0.2) is 4.98 Å². The number of hydrogen-bond acceptors (Lipinski definition) is 3. The second kappa shape index (κ2) is 4.12. The van der Waals surface area contributed by atoms with Gasteiger partial charge in [-0.2, -0.15) is 0 Å². The molecule has 0 saturated heterocycles. The summed E-state index contributed by atoms with van der Waals surface area (Å²) in [6.45, 7) is 0.657. The van der Waals surface area contributed by atoms with Gasteiger partial charge in [0, 0.05) is 16.2 Å². The minimum absolute atomic E-state index is 0.657. The van der Waals surface area contributed by atoms with Crippen molar-refractivity contribution in [1.29, 1.82) is 0 Å². The Morgan fingerprint density at radius 2 is 2.41 bits per heavy atom. The average molecular weight is 310 g/mol. The third kappa shape index (κ3) is 1.94. The quantitative estimate of drug-likeness (QED) is 0.737. The fourth-order valence-corrected chi connectivity index (χ4v) is 2.32. The Bertz CT molecular complexity index is 714. The number of H-pyrrole nitrogens is 1. The van der Waals surface area contributed by atoms with Gasteiger partial charge in [0.1, 0.15) is 0 Å². The van der Waals surface area contributed by atoms with Crippen molar-refractivity contribution < 1.29 is 4.42 Å². The van der Waals surface area contributed by atoms with E-state index in [0.717, 1.165) is 21.2 Å². The van der Waals surface area contributed by atoms with Crippen LogP contribution in [0.25, 0.3) is 11.2 Å². The summed E-state index contributed by atoms with van der Waals surface area (Å²) in [5.74, 6) is 0. The minimum Gasteiger partial charge on any atom is -0.472 e. The Hall–Kier alpha value is -1.40. The van der Waals surface area contributed by atoms with Crippen LogP contribution in [0, 0.1) is 4.77 Å². The third-order valence-electron chi connectivity index (χ3n) is 2.50. The van der Waals surface area contributed by atoms with Crippen LogP contribution in [0.5, 0.6) is 0 Å². The number of rotatable bonds is 2. The molecule has 0 aliphatic heterocycles. The second-order valence-electron chi connectivity index (χ2n) is 3.67. The van der Waals surface area contributed by atoms with E-state index in [2.05, 4.69) is 25.9 Å². The lowest BCUT2D eigenvalue weighted by Crippen LogP contribution is -1.99. The van der Waals surface area contributed by atoms with E-state index in [0.29, 0.717) is 11.3 Å². The number of imidazole rings is 1. The molecule has 3 heterocycles. The molecule has 3 rings (SSSR count). The van der Waals surface area contributed by atoms with Crippen molar-refractivity contribution in [2.75, 3.05) is 0 Å². The molecule has 3 aromatic heterocycles. The first-order chi connectivity index (χ1) is 8.24. The van der Waals surface area contributed by atoms with Gasteiger partial charge in [0.25, 0.3) is 0 Å². The molecule has 4 nitrogen and oxygen atoms in total. The predicted octanol–water partition coefficient (Wildman–Crippen LogP) is 3.50. The monoisotopic (exact) mass is 309 g/mol. The van der Waals surface area contributed by atoms with Crippen molar-refractivity contribution in [2.45, 2.75) is 6.54 Å². The van der Waals surface area contributed by atoms with Crippen LogP contribution in [-0.4, -0.2) is 14.5 Å². The standard InChI is InChI=1S/C11H8BrN3OS/c12-8-3-9-10(13-4-8)15(11(17)14-9)5-7-1-2-16-6-7/h1-4,6H,5H2,(H,14,17). The fraction of sp³-hybridized carbons (Fsp3) is 0.0909. The van der Waals surface area contributed by atoms with E-state index in [1.807, 2.05) is 16.7 Å². The molecule has 0 aromatic carbocycles. The van der Waals surface area contributed by atoms with E-state index in [9.17, 15) is 0 Å². The molecule has 0 radical (unpaired) electrons. The summed E-state index contributed by atoms with van der Waals surface area (Å²) in [4.78, 5) is 7.50. The van der Waals surface area contributed by atoms with Crippen LogP contribution < -0.4 is 0 Å². The number of nitrogens with zero attached hydrogens (tertiary/aromatic N) is 2. The van der Waals surface area contributed by atoms with Gasteiger partial charge in [-0.3, -0.25) is 4.57 Å². The summed E-state index contributed by atoms with van der Waals surface area (Å²) < 4.78 is 8.58. The molecule has 0 spiro atoms. The number of halogens is 1. The van der Waals surface area contributed by atoms with Crippen molar-refractivity contribution in [1.82, 2.24) is 14.5 Å². The first-order valence-electron chi connectivity index (χ1n) is 4.99. The van der Waals surface area contributed by atoms with Crippen molar-refractivity contribution in [3.63, 3.8) is 0 Å². The zero-order valence-electron chi connectivity index (χ0n) is 8.68. The Balaban J connectivity index is 2.16. The van der Waals surface area contributed by atoms with E-state index in [4.69, 9.17) is 16.6 Å². The van der Waals surface area contributed by atoms with E-state index >= 15 is 0 Å². The minimum atomic E-state index is 0.657. The first kappa shape index (κ1) is 10.7. The van der Waals surface area contributed by atoms with Gasteiger partial charge in [0.2, 0.25) is 0 Å². The fourth-order valence-electron chi connectivity index (χ4n) is 1.73. The number of hydrogen-bond donors (Lipinski definition) is 1. The van der Waals surface area contributed by atoms with Crippen molar-refractivity contribution in [3.05, 3.63) is 45.7 Å². The van der Waals surface area contributed by atoms with E-state index in [1.54, 1.807) is 18.7 Å². The maximum atomic E-state index is 5.29. The molecule has 86 valence electrons. The van der Waals surface area contributed by atoms with Gasteiger partial charge in [0.05, 0.1) is 24.6 Å². The smallest absolute Gasteiger partial charge is 0.179 e. The number of pyridine rings is 1. The van der Waals surface area contributed by atoms with E-state index in [1.165, 1.54) is 0 Å². The van der Waals surface area contributed by atoms with Gasteiger partial charge in [-0.15, -0.1) is 0 Å². The SMILES string of the molecule is S=c1[nH]c2cc(Br)cnc2n1Cc1ccoc1. The van der Waals surface area contributed by atoms with Crippen LogP contribution in [0.1, 0.15) is 5.56 Å². The number of nitrogens with one attached hydrogen (secondary N) is 1. The number of aromatic nitrogens is 3. The van der Waals surface area contributed by atoms with Gasteiger partial charge >= 0.3 is 0 Å². The first-order valence-corrected chi connectivity index (χ1v) is 6.19. The summed E-state index contributed by atoms with van der Waals surface area (Å²) in [6.07, 6.45) is 5.12. The highest BCUT2D eigenvalue weighted by atomic mass is 79.9. The zero-order valence-corrected chi connectivity index (χ0v) is 11.1. The summed E-state index contributed by atoms with van der Waals surface area (Å²) >= 11 is 8.68. The van der Waals surface area contributed by atoms with Gasteiger partial charge < -0.3 is 9.40 Å². The molecule has 0 bridgehead atoms. The Kier molecular flexibility index (Phi) is 2.60. The third-order valence-corrected chi connectivity index (χ3v) is 3.25. The van der Waals surface area contributed by atoms with Crippen molar-refractivity contribution in [2.24, 2.45) is 0 Å². The lowest BCUT2D eigenvalue weighted by Gasteiger charge is -2.00. The number of furan rings is 1. The van der Waals surface area contributed by atoms with Crippen LogP contribution in [-0.2, 0) is 6.54 Å². The lowest BCUT2D eigenvalue weighted by atomic mass is 10.3. The second-order valence-corrected chi connectivity index (χ2v) is 4.97. The molecule has 0 amide bonds. The van der Waals surface area contributed by atoms with Gasteiger partial charge in [-0.05, 0) is 40.3 Å². The van der Waals surface area contributed by atoms with Gasteiger partial charge in [-0.1, -0.05) is 0 Å². The van der Waals surface area contributed by atoms with Crippen LogP contribution in [0.15, 0.2) is 39.7 Å². The van der Waals surface area contributed by atoms with E-state index in [-0.39, 0.29) is 0 Å². The Morgan fingerprint density at radius 3 is 3.18 bits per heavy atom. The summed E-state index contributed by atoms with van der Waals surface area (Å²) in [5, 5.41) is 0. The highest BCUT2D eigenvalue weighted by Crippen LogP contribution is 2.18. The highest BCUT2D eigenvalue weighted by Gasteiger charge is 2.07. The van der Waals surface area contributed by atoms with E-state index < -0.39 is 0 Å². The van der Waals surface area contributed by atoms with Crippen LogP contribution in [0.4, 0.5) is 0 Å². The topological polar surface area (TPSA) is 46.8 Å². The van der Waals surface area contributed by atoms with Crippen LogP contribution >= 0.6 is 28.1 Å². The Labute approximate surface area is 110 Å². The molecule has 0 aliphatic rings. The van der Waals surface area contributed by atoms with Crippen LogP contribution in [0.2, 0.25) is 0 Å². The molecule has 0 fully saturated rings. The molecule has 0 atom stereocenters. The molecule has 3 aromatic rings. The maximum absolute atomic E-state index is 5.29. The molecule has 0 saturated carbocycles. The normalized spacial score (nSPS) is 11.1. The highest BCUT2D eigenvalue weighted by molar-refractivity contribution is 9.10. The molecule has 0 unspecified atom stereocenters. The summed E-state index contributed by atoms with van der Waals surface area (Å²) in [7, 11) is 0. The maximum Gasteiger partial charge on any atom is 0.179 e. The molecular weight excluding hydrogens is 302 g/mol. The number of fused-ring (bicyclic) bond motifs is 1. The van der Waals surface area contributed by atoms with Crippen molar-refractivity contribution >= 4 is 39.3 Å². The van der Waals surface area contributed by atoms with Gasteiger partial charge in [0.15, 0.2) is 10.4 Å². The van der Waals surface area contributed by atoms with Crippen molar-refractivity contribution in [3.8, 4) is 0 Å².